The molecule has 4 heteroatoms. The van der Waals surface area contributed by atoms with E-state index in [0.29, 0.717) is 31.0 Å². The Bertz CT molecular complexity index is 300. The number of aldehydes is 1. The van der Waals surface area contributed by atoms with Gasteiger partial charge in [-0.2, -0.15) is 0 Å². The maximum Gasteiger partial charge on any atom is 0.168 e. The lowest BCUT2D eigenvalue weighted by atomic mass is 10.3. The molecule has 70 valence electrons. The molecule has 13 heavy (non-hydrogen) atoms. The van der Waals surface area contributed by atoms with Crippen LogP contribution in [0.25, 0.3) is 0 Å². The van der Waals surface area contributed by atoms with E-state index in [1.807, 2.05) is 13.8 Å². The Balaban J connectivity index is 2.81. The molecule has 1 heterocycles. The Morgan fingerprint density at radius 3 is 2.92 bits per heavy atom. The first-order chi connectivity index (χ1) is 6.26. The molecule has 0 atom stereocenters. The van der Waals surface area contributed by atoms with Crippen LogP contribution in [0, 0.1) is 6.92 Å². The topological polar surface area (TPSA) is 52.1 Å². The van der Waals surface area contributed by atoms with Gasteiger partial charge in [0.2, 0.25) is 0 Å². The van der Waals surface area contributed by atoms with Crippen LogP contribution >= 0.6 is 0 Å². The first-order valence-electron chi connectivity index (χ1n) is 4.13. The Morgan fingerprint density at radius 1 is 1.54 bits per heavy atom. The number of carbonyl (C=O) groups excluding carboxylic acids is 1. The van der Waals surface area contributed by atoms with Crippen molar-refractivity contribution in [1.29, 1.82) is 0 Å². The molecule has 0 amide bonds. The molecule has 0 saturated carbocycles. The van der Waals surface area contributed by atoms with E-state index in [2.05, 4.69) is 9.97 Å². The van der Waals surface area contributed by atoms with E-state index in [9.17, 15) is 4.79 Å². The number of hydrogen-bond acceptors (Lipinski definition) is 4. The van der Waals surface area contributed by atoms with Crippen LogP contribution in [-0.4, -0.2) is 22.9 Å². The Kier molecular flexibility index (Phi) is 3.52. The van der Waals surface area contributed by atoms with Gasteiger partial charge in [0.05, 0.1) is 0 Å². The Labute approximate surface area is 77.0 Å². The molecular weight excluding hydrogens is 168 g/mol. The fourth-order valence-electron chi connectivity index (χ4n) is 0.974. The molecule has 1 rings (SSSR count). The summed E-state index contributed by atoms with van der Waals surface area (Å²) < 4.78 is 5.13. The summed E-state index contributed by atoms with van der Waals surface area (Å²) in [6.45, 7) is 4.70. The molecular formula is C9H12N2O2. The van der Waals surface area contributed by atoms with Crippen LogP contribution in [0.3, 0.4) is 0 Å². The molecule has 0 unspecified atom stereocenters. The summed E-state index contributed by atoms with van der Waals surface area (Å²) in [4.78, 5) is 18.6. The van der Waals surface area contributed by atoms with E-state index in [4.69, 9.17) is 4.74 Å². The zero-order valence-corrected chi connectivity index (χ0v) is 7.78. The van der Waals surface area contributed by atoms with Crippen LogP contribution in [0.15, 0.2) is 6.07 Å². The van der Waals surface area contributed by atoms with Crippen molar-refractivity contribution in [2.75, 3.05) is 6.61 Å². The molecule has 0 saturated heterocycles. The van der Waals surface area contributed by atoms with Gasteiger partial charge in [-0.05, 0) is 19.9 Å². The lowest BCUT2D eigenvalue weighted by molar-refractivity contribution is 0.111. The van der Waals surface area contributed by atoms with Crippen molar-refractivity contribution < 1.29 is 9.53 Å². The number of aromatic nitrogens is 2. The smallest absolute Gasteiger partial charge is 0.168 e. The fraction of sp³-hybridized carbons (Fsp3) is 0.444. The number of rotatable bonds is 4. The summed E-state index contributed by atoms with van der Waals surface area (Å²) in [5, 5.41) is 0. The SMILES string of the molecule is CCOCc1nc(C)cc(C=O)n1. The lowest BCUT2D eigenvalue weighted by Gasteiger charge is -2.01. The third-order valence-electron chi connectivity index (χ3n) is 1.48. The summed E-state index contributed by atoms with van der Waals surface area (Å²) in [7, 11) is 0. The van der Waals surface area contributed by atoms with E-state index in [0.717, 1.165) is 5.69 Å². The van der Waals surface area contributed by atoms with Gasteiger partial charge in [-0.25, -0.2) is 9.97 Å². The van der Waals surface area contributed by atoms with Crippen molar-refractivity contribution in [2.45, 2.75) is 20.5 Å². The van der Waals surface area contributed by atoms with E-state index >= 15 is 0 Å². The molecule has 0 spiro atoms. The zero-order chi connectivity index (χ0) is 9.68. The van der Waals surface area contributed by atoms with E-state index in [-0.39, 0.29) is 0 Å². The average molecular weight is 180 g/mol. The van der Waals surface area contributed by atoms with Gasteiger partial charge >= 0.3 is 0 Å². The molecule has 0 fully saturated rings. The third-order valence-corrected chi connectivity index (χ3v) is 1.48. The molecule has 1 aromatic heterocycles. The summed E-state index contributed by atoms with van der Waals surface area (Å²) >= 11 is 0. The predicted molar refractivity (Wildman–Crippen MR) is 47.5 cm³/mol. The van der Waals surface area contributed by atoms with Gasteiger partial charge in [0.15, 0.2) is 12.1 Å². The van der Waals surface area contributed by atoms with Crippen LogP contribution in [-0.2, 0) is 11.3 Å². The predicted octanol–water partition coefficient (Wildman–Crippen LogP) is 1.13. The highest BCUT2D eigenvalue weighted by Gasteiger charge is 2.00. The normalized spacial score (nSPS) is 10.0. The van der Waals surface area contributed by atoms with Gasteiger partial charge in [-0.3, -0.25) is 4.79 Å². The number of nitrogens with zero attached hydrogens (tertiary/aromatic N) is 2. The standard InChI is InChI=1S/C9H12N2O2/c1-3-13-6-9-10-7(2)4-8(5-12)11-9/h4-5H,3,6H2,1-2H3. The largest absolute Gasteiger partial charge is 0.374 e. The second-order valence-electron chi connectivity index (χ2n) is 2.61. The summed E-state index contributed by atoms with van der Waals surface area (Å²) in [6, 6.07) is 1.64. The van der Waals surface area contributed by atoms with Gasteiger partial charge in [-0.15, -0.1) is 0 Å². The van der Waals surface area contributed by atoms with Gasteiger partial charge < -0.3 is 4.74 Å². The number of carbonyl (C=O) groups is 1. The van der Waals surface area contributed by atoms with Gasteiger partial charge in [0, 0.05) is 12.3 Å². The maximum atomic E-state index is 10.5. The maximum absolute atomic E-state index is 10.5. The van der Waals surface area contributed by atoms with E-state index in [1.165, 1.54) is 0 Å². The monoisotopic (exact) mass is 180 g/mol. The molecule has 0 N–H and O–H groups in total. The quantitative estimate of drug-likeness (QED) is 0.652. The van der Waals surface area contributed by atoms with Crippen molar-refractivity contribution in [3.63, 3.8) is 0 Å². The highest BCUT2D eigenvalue weighted by atomic mass is 16.5. The number of ether oxygens (including phenoxy) is 1. The van der Waals surface area contributed by atoms with Crippen molar-refractivity contribution in [1.82, 2.24) is 9.97 Å². The van der Waals surface area contributed by atoms with E-state index in [1.54, 1.807) is 6.07 Å². The molecule has 0 aromatic carbocycles. The van der Waals surface area contributed by atoms with Crippen LogP contribution in [0.1, 0.15) is 28.9 Å². The minimum absolute atomic E-state index is 0.360. The second-order valence-corrected chi connectivity index (χ2v) is 2.61. The molecule has 0 aliphatic rings. The second kappa shape index (κ2) is 4.67. The first-order valence-corrected chi connectivity index (χ1v) is 4.13. The van der Waals surface area contributed by atoms with Gasteiger partial charge in [0.1, 0.15) is 12.3 Å². The number of hydrogen-bond donors (Lipinski definition) is 0. The lowest BCUT2D eigenvalue weighted by Crippen LogP contribution is -2.03. The van der Waals surface area contributed by atoms with Crippen molar-refractivity contribution in [2.24, 2.45) is 0 Å². The molecule has 0 radical (unpaired) electrons. The zero-order valence-electron chi connectivity index (χ0n) is 7.78. The van der Waals surface area contributed by atoms with E-state index < -0.39 is 0 Å². The molecule has 4 nitrogen and oxygen atoms in total. The van der Waals surface area contributed by atoms with Crippen LogP contribution in [0.2, 0.25) is 0 Å². The average Bonchev–Trinajstić information content (AvgIpc) is 2.14. The van der Waals surface area contributed by atoms with Gasteiger partial charge in [0.25, 0.3) is 0 Å². The van der Waals surface area contributed by atoms with Crippen molar-refractivity contribution in [3.8, 4) is 0 Å². The Morgan fingerprint density at radius 2 is 2.31 bits per heavy atom. The summed E-state index contributed by atoms with van der Waals surface area (Å²) in [5.41, 5.74) is 1.19. The molecule has 1 aromatic rings. The summed E-state index contributed by atoms with van der Waals surface area (Å²) in [5.74, 6) is 0.559. The molecule has 0 aliphatic heterocycles. The molecule has 0 bridgehead atoms. The highest BCUT2D eigenvalue weighted by molar-refractivity contribution is 5.71. The Hall–Kier alpha value is -1.29. The van der Waals surface area contributed by atoms with Crippen molar-refractivity contribution in [3.05, 3.63) is 23.3 Å². The first kappa shape index (κ1) is 9.80. The van der Waals surface area contributed by atoms with Crippen LogP contribution in [0.5, 0.6) is 0 Å². The minimum atomic E-state index is 0.360. The van der Waals surface area contributed by atoms with Crippen molar-refractivity contribution >= 4 is 6.29 Å². The summed E-state index contributed by atoms with van der Waals surface area (Å²) in [6.07, 6.45) is 0.712. The number of aryl methyl sites for hydroxylation is 1. The van der Waals surface area contributed by atoms with Crippen LogP contribution < -0.4 is 0 Å². The molecule has 0 aliphatic carbocycles. The van der Waals surface area contributed by atoms with Crippen LogP contribution in [0.4, 0.5) is 0 Å². The highest BCUT2D eigenvalue weighted by Crippen LogP contribution is 1.99. The minimum Gasteiger partial charge on any atom is -0.374 e. The van der Waals surface area contributed by atoms with Gasteiger partial charge in [-0.1, -0.05) is 0 Å². The fourth-order valence-corrected chi connectivity index (χ4v) is 0.974. The third kappa shape index (κ3) is 2.91.